The Bertz CT molecular complexity index is 415. The number of rotatable bonds is 2. The first-order chi connectivity index (χ1) is 7.34. The minimum absolute atomic E-state index is 0.200. The van der Waals surface area contributed by atoms with Crippen molar-refractivity contribution in [2.75, 3.05) is 5.32 Å². The van der Waals surface area contributed by atoms with Crippen LogP contribution in [0.25, 0.3) is 0 Å². The summed E-state index contributed by atoms with van der Waals surface area (Å²) in [5.74, 6) is 2.39. The largest absolute Gasteiger partial charge is 0.416 e. The third-order valence-corrected chi connectivity index (χ3v) is 2.18. The molecule has 0 aromatic heterocycles. The highest BCUT2D eigenvalue weighted by Gasteiger charge is 2.32. The van der Waals surface area contributed by atoms with Gasteiger partial charge in [-0.15, -0.1) is 6.42 Å². The number of hydrogen-bond acceptors (Lipinski definition) is 1. The number of benzene rings is 1. The highest BCUT2D eigenvalue weighted by atomic mass is 19.4. The van der Waals surface area contributed by atoms with E-state index in [9.17, 15) is 13.2 Å². The van der Waals surface area contributed by atoms with Crippen LogP contribution >= 0.6 is 0 Å². The maximum Gasteiger partial charge on any atom is 0.416 e. The molecular formula is C12H12F3N. The van der Waals surface area contributed by atoms with E-state index in [1.807, 2.05) is 0 Å². The summed E-state index contributed by atoms with van der Waals surface area (Å²) < 4.78 is 37.7. The molecule has 0 aliphatic heterocycles. The third kappa shape index (κ3) is 2.93. The van der Waals surface area contributed by atoms with Crippen molar-refractivity contribution in [1.82, 2.24) is 0 Å². The molecule has 1 N–H and O–H groups in total. The van der Waals surface area contributed by atoms with Crippen molar-refractivity contribution in [3.8, 4) is 12.3 Å². The Kier molecular flexibility index (Phi) is 3.48. The second kappa shape index (κ2) is 4.48. The van der Waals surface area contributed by atoms with Gasteiger partial charge in [0.15, 0.2) is 0 Å². The van der Waals surface area contributed by atoms with Gasteiger partial charge in [-0.3, -0.25) is 0 Å². The highest BCUT2D eigenvalue weighted by molar-refractivity contribution is 5.50. The van der Waals surface area contributed by atoms with Crippen LogP contribution < -0.4 is 5.32 Å². The van der Waals surface area contributed by atoms with Gasteiger partial charge in [0.25, 0.3) is 0 Å². The van der Waals surface area contributed by atoms with E-state index in [1.165, 1.54) is 13.0 Å². The van der Waals surface area contributed by atoms with Crippen molar-refractivity contribution in [3.05, 3.63) is 29.3 Å². The van der Waals surface area contributed by atoms with Gasteiger partial charge >= 0.3 is 6.18 Å². The van der Waals surface area contributed by atoms with Crippen LogP contribution in [0.4, 0.5) is 18.9 Å². The van der Waals surface area contributed by atoms with Gasteiger partial charge in [-0.05, 0) is 31.5 Å². The van der Waals surface area contributed by atoms with E-state index in [2.05, 4.69) is 11.2 Å². The monoisotopic (exact) mass is 227 g/mol. The van der Waals surface area contributed by atoms with Gasteiger partial charge in [0.1, 0.15) is 0 Å². The Morgan fingerprint density at radius 1 is 1.38 bits per heavy atom. The summed E-state index contributed by atoms with van der Waals surface area (Å²) in [5, 5.41) is 2.80. The third-order valence-electron chi connectivity index (χ3n) is 2.18. The minimum atomic E-state index is -4.33. The average Bonchev–Trinajstić information content (AvgIpc) is 2.19. The van der Waals surface area contributed by atoms with Crippen LogP contribution in [0.5, 0.6) is 0 Å². The minimum Gasteiger partial charge on any atom is -0.372 e. The zero-order valence-corrected chi connectivity index (χ0v) is 9.02. The molecule has 1 rings (SSSR count). The van der Waals surface area contributed by atoms with E-state index in [-0.39, 0.29) is 11.6 Å². The molecule has 1 aromatic rings. The fraction of sp³-hybridized carbons (Fsp3) is 0.333. The molecule has 0 spiro atoms. The van der Waals surface area contributed by atoms with Crippen LogP contribution in [0.1, 0.15) is 18.1 Å². The van der Waals surface area contributed by atoms with Crippen LogP contribution in [0.3, 0.4) is 0 Å². The van der Waals surface area contributed by atoms with Gasteiger partial charge in [-0.2, -0.15) is 13.2 Å². The number of aryl methyl sites for hydroxylation is 1. The molecule has 16 heavy (non-hydrogen) atoms. The summed E-state index contributed by atoms with van der Waals surface area (Å²) in [4.78, 5) is 0. The Hall–Kier alpha value is -1.63. The molecule has 0 radical (unpaired) electrons. The lowest BCUT2D eigenvalue weighted by Crippen LogP contribution is -2.14. The summed E-state index contributed by atoms with van der Waals surface area (Å²) in [5.41, 5.74) is -0.0588. The molecule has 0 bridgehead atoms. The quantitative estimate of drug-likeness (QED) is 0.763. The Morgan fingerprint density at radius 2 is 2.00 bits per heavy atom. The summed E-state index contributed by atoms with van der Waals surface area (Å²) in [6, 6.07) is 3.78. The molecule has 1 aromatic carbocycles. The predicted molar refractivity (Wildman–Crippen MR) is 58.1 cm³/mol. The number of hydrogen-bond donors (Lipinski definition) is 1. The molecule has 1 atom stereocenters. The molecule has 0 aliphatic carbocycles. The van der Waals surface area contributed by atoms with Gasteiger partial charge < -0.3 is 5.32 Å². The van der Waals surface area contributed by atoms with E-state index < -0.39 is 11.7 Å². The van der Waals surface area contributed by atoms with Gasteiger partial charge in [0.05, 0.1) is 11.6 Å². The van der Waals surface area contributed by atoms with Crippen molar-refractivity contribution in [1.29, 1.82) is 0 Å². The van der Waals surface area contributed by atoms with Crippen LogP contribution in [-0.4, -0.2) is 6.04 Å². The van der Waals surface area contributed by atoms with E-state index in [4.69, 9.17) is 6.42 Å². The maximum absolute atomic E-state index is 12.6. The van der Waals surface area contributed by atoms with E-state index in [0.29, 0.717) is 5.69 Å². The second-order valence-electron chi connectivity index (χ2n) is 3.56. The lowest BCUT2D eigenvalue weighted by Gasteiger charge is -2.14. The molecule has 0 saturated carbocycles. The lowest BCUT2D eigenvalue weighted by atomic mass is 10.1. The van der Waals surface area contributed by atoms with E-state index in [0.717, 1.165) is 6.07 Å². The molecule has 1 unspecified atom stereocenters. The molecule has 0 aliphatic rings. The summed E-state index contributed by atoms with van der Waals surface area (Å²) in [6.07, 6.45) is 0.807. The molecule has 0 heterocycles. The molecule has 0 amide bonds. The highest BCUT2D eigenvalue weighted by Crippen LogP contribution is 2.33. The fourth-order valence-electron chi connectivity index (χ4n) is 1.31. The van der Waals surface area contributed by atoms with Gasteiger partial charge in [0, 0.05) is 5.69 Å². The lowest BCUT2D eigenvalue weighted by molar-refractivity contribution is -0.138. The number of terminal acetylenes is 1. The van der Waals surface area contributed by atoms with Crippen LogP contribution in [0, 0.1) is 19.3 Å². The molecular weight excluding hydrogens is 215 g/mol. The fourth-order valence-corrected chi connectivity index (χ4v) is 1.31. The summed E-state index contributed by atoms with van der Waals surface area (Å²) >= 11 is 0. The average molecular weight is 227 g/mol. The number of alkyl halides is 3. The Labute approximate surface area is 92.7 Å². The zero-order valence-electron chi connectivity index (χ0n) is 9.02. The topological polar surface area (TPSA) is 12.0 Å². The smallest absolute Gasteiger partial charge is 0.372 e. The van der Waals surface area contributed by atoms with Crippen molar-refractivity contribution >= 4 is 5.69 Å². The molecule has 4 heteroatoms. The van der Waals surface area contributed by atoms with Crippen molar-refractivity contribution in [2.45, 2.75) is 26.1 Å². The molecule has 0 fully saturated rings. The second-order valence-corrected chi connectivity index (χ2v) is 3.56. The van der Waals surface area contributed by atoms with E-state index in [1.54, 1.807) is 13.0 Å². The first-order valence-corrected chi connectivity index (χ1v) is 4.75. The first-order valence-electron chi connectivity index (χ1n) is 4.75. The van der Waals surface area contributed by atoms with Crippen molar-refractivity contribution < 1.29 is 13.2 Å². The molecule has 0 saturated heterocycles. The summed E-state index contributed by atoms with van der Waals surface area (Å²) in [6.45, 7) is 3.13. The standard InChI is InChI=1S/C12H12F3N/c1-4-9(3)16-10-6-5-8(2)11(7-10)12(13,14)15/h1,5-7,9,16H,2-3H3. The van der Waals surface area contributed by atoms with E-state index >= 15 is 0 Å². The van der Waals surface area contributed by atoms with Crippen LogP contribution in [0.15, 0.2) is 18.2 Å². The van der Waals surface area contributed by atoms with Crippen LogP contribution in [-0.2, 0) is 6.18 Å². The van der Waals surface area contributed by atoms with Gasteiger partial charge in [-0.1, -0.05) is 12.0 Å². The van der Waals surface area contributed by atoms with Gasteiger partial charge in [-0.25, -0.2) is 0 Å². The number of anilines is 1. The SMILES string of the molecule is C#CC(C)Nc1ccc(C)c(C(F)(F)F)c1. The Morgan fingerprint density at radius 3 is 2.50 bits per heavy atom. The number of halogens is 3. The zero-order chi connectivity index (χ0) is 12.3. The molecule has 1 nitrogen and oxygen atoms in total. The summed E-state index contributed by atoms with van der Waals surface area (Å²) in [7, 11) is 0. The van der Waals surface area contributed by atoms with Gasteiger partial charge in [0.2, 0.25) is 0 Å². The normalized spacial score (nSPS) is 13.0. The maximum atomic E-state index is 12.6. The predicted octanol–water partition coefficient (Wildman–Crippen LogP) is 3.45. The van der Waals surface area contributed by atoms with Crippen molar-refractivity contribution in [2.24, 2.45) is 0 Å². The Balaban J connectivity index is 3.04. The van der Waals surface area contributed by atoms with Crippen LogP contribution in [0.2, 0.25) is 0 Å². The molecule has 86 valence electrons. The van der Waals surface area contributed by atoms with Crippen molar-refractivity contribution in [3.63, 3.8) is 0 Å². The number of nitrogens with one attached hydrogen (secondary N) is 1. The first kappa shape index (κ1) is 12.4.